The van der Waals surface area contributed by atoms with Crippen molar-refractivity contribution < 1.29 is 4.39 Å². The summed E-state index contributed by atoms with van der Waals surface area (Å²) in [6, 6.07) is 4.40. The maximum Gasteiger partial charge on any atom is 0.125 e. The van der Waals surface area contributed by atoms with Crippen LogP contribution in [0.2, 0.25) is 0 Å². The van der Waals surface area contributed by atoms with Crippen molar-refractivity contribution in [3.63, 3.8) is 0 Å². The van der Waals surface area contributed by atoms with E-state index in [2.05, 4.69) is 20.4 Å². The van der Waals surface area contributed by atoms with Gasteiger partial charge in [0.2, 0.25) is 0 Å². The number of benzene rings is 1. The van der Waals surface area contributed by atoms with Crippen molar-refractivity contribution in [2.75, 3.05) is 17.3 Å². The molecule has 0 heterocycles. The molecule has 3 nitrogen and oxygen atoms in total. The summed E-state index contributed by atoms with van der Waals surface area (Å²) >= 11 is 0. The molecule has 182 valence electrons. The maximum atomic E-state index is 13.8. The average molecular weight is 454 g/mol. The summed E-state index contributed by atoms with van der Waals surface area (Å²) in [5.41, 5.74) is 8.67. The third-order valence-electron chi connectivity index (χ3n) is 10.8. The number of nitrogen functional groups attached to an aromatic ring is 1. The molecule has 0 radical (unpaired) electrons. The molecule has 4 aliphatic rings. The Kier molecular flexibility index (Phi) is 6.26. The highest BCUT2D eigenvalue weighted by Crippen LogP contribution is 2.65. The number of hydrogen-bond acceptors (Lipinski definition) is 3. The third-order valence-corrected chi connectivity index (χ3v) is 10.8. The normalized spacial score (nSPS) is 39.9. The number of nitrogens with zero attached hydrogens (tertiary/aromatic N) is 1. The zero-order valence-electron chi connectivity index (χ0n) is 20.7. The van der Waals surface area contributed by atoms with Crippen LogP contribution in [-0.2, 0) is 0 Å². The van der Waals surface area contributed by atoms with Crippen LogP contribution in [0.15, 0.2) is 30.4 Å². The van der Waals surface area contributed by atoms with Crippen LogP contribution in [0.25, 0.3) is 0 Å². The molecule has 1 aromatic rings. The van der Waals surface area contributed by atoms with Gasteiger partial charge in [-0.25, -0.2) is 10.2 Å². The van der Waals surface area contributed by atoms with Crippen molar-refractivity contribution in [1.29, 1.82) is 0 Å². The zero-order valence-corrected chi connectivity index (χ0v) is 20.7. The first-order valence-corrected chi connectivity index (χ1v) is 13.6. The van der Waals surface area contributed by atoms with Gasteiger partial charge in [0.25, 0.3) is 0 Å². The topological polar surface area (TPSA) is 55.3 Å². The first-order valence-electron chi connectivity index (χ1n) is 13.6. The molecule has 4 N–H and O–H groups in total. The van der Waals surface area contributed by atoms with Gasteiger partial charge >= 0.3 is 0 Å². The summed E-state index contributed by atoms with van der Waals surface area (Å²) in [5.74, 6) is 12.2. The van der Waals surface area contributed by atoms with Crippen molar-refractivity contribution in [1.82, 2.24) is 0 Å². The summed E-state index contributed by atoms with van der Waals surface area (Å²) in [7, 11) is 0. The zero-order chi connectivity index (χ0) is 23.3. The van der Waals surface area contributed by atoms with Crippen LogP contribution in [0, 0.1) is 52.7 Å². The van der Waals surface area contributed by atoms with Gasteiger partial charge in [-0.15, -0.1) is 0 Å². The van der Waals surface area contributed by atoms with E-state index in [9.17, 15) is 4.39 Å². The molecule has 0 spiro atoms. The minimum absolute atomic E-state index is 0.310. The van der Waals surface area contributed by atoms with Crippen molar-refractivity contribution in [3.8, 4) is 0 Å². The van der Waals surface area contributed by atoms with E-state index in [0.29, 0.717) is 29.3 Å². The van der Waals surface area contributed by atoms with Gasteiger partial charge in [-0.2, -0.15) is 0 Å². The Bertz CT molecular complexity index is 884. The van der Waals surface area contributed by atoms with Gasteiger partial charge in [0, 0.05) is 6.07 Å². The molecule has 33 heavy (non-hydrogen) atoms. The van der Waals surface area contributed by atoms with E-state index in [4.69, 9.17) is 11.6 Å². The minimum Gasteiger partial charge on any atom is -0.397 e. The minimum atomic E-state index is -0.310. The molecule has 4 saturated carbocycles. The Morgan fingerprint density at radius 3 is 2.67 bits per heavy atom. The number of hydrazine groups is 1. The number of fused-ring (bicyclic) bond motifs is 5. The summed E-state index contributed by atoms with van der Waals surface area (Å²) in [4.78, 5) is 0. The fourth-order valence-electron chi connectivity index (χ4n) is 9.17. The molecular weight excluding hydrogens is 409 g/mol. The van der Waals surface area contributed by atoms with Crippen LogP contribution in [-0.4, -0.2) is 6.54 Å². The number of nitrogens with two attached hydrogens (primary N) is 2. The molecule has 8 unspecified atom stereocenters. The molecule has 0 saturated heterocycles. The highest BCUT2D eigenvalue weighted by atomic mass is 19.1. The fraction of sp³-hybridized carbons (Fsp3) is 0.724. The monoisotopic (exact) mass is 453 g/mol. The van der Waals surface area contributed by atoms with Crippen molar-refractivity contribution in [2.24, 2.45) is 52.7 Å². The first-order chi connectivity index (χ1) is 15.8. The lowest BCUT2D eigenvalue weighted by Crippen LogP contribution is -2.49. The molecule has 0 aromatic heterocycles. The van der Waals surface area contributed by atoms with Crippen LogP contribution in [0.5, 0.6) is 0 Å². The van der Waals surface area contributed by atoms with E-state index in [1.165, 1.54) is 81.9 Å². The predicted octanol–water partition coefficient (Wildman–Crippen LogP) is 6.94. The molecule has 4 aliphatic carbocycles. The summed E-state index contributed by atoms with van der Waals surface area (Å²) in [6.07, 6.45) is 14.0. The first kappa shape index (κ1) is 23.2. The average Bonchev–Trinajstić information content (AvgIpc) is 3.17. The van der Waals surface area contributed by atoms with Gasteiger partial charge in [0.05, 0.1) is 17.9 Å². The molecule has 1 aromatic carbocycles. The van der Waals surface area contributed by atoms with Gasteiger partial charge in [0.15, 0.2) is 0 Å². The summed E-state index contributed by atoms with van der Waals surface area (Å²) in [5, 5.41) is 1.60. The van der Waals surface area contributed by atoms with Crippen molar-refractivity contribution in [3.05, 3.63) is 36.2 Å². The summed E-state index contributed by atoms with van der Waals surface area (Å²) < 4.78 is 13.8. The lowest BCUT2D eigenvalue weighted by Gasteiger charge is -2.56. The van der Waals surface area contributed by atoms with E-state index in [0.717, 1.165) is 35.5 Å². The number of hydrogen-bond donors (Lipinski definition) is 2. The van der Waals surface area contributed by atoms with Crippen LogP contribution in [0.4, 0.5) is 15.8 Å². The van der Waals surface area contributed by atoms with E-state index < -0.39 is 0 Å². The van der Waals surface area contributed by atoms with Gasteiger partial charge in [-0.3, -0.25) is 0 Å². The highest BCUT2D eigenvalue weighted by Gasteiger charge is 2.57. The van der Waals surface area contributed by atoms with Gasteiger partial charge in [-0.05, 0) is 110 Å². The lowest BCUT2D eigenvalue weighted by molar-refractivity contribution is -0.0646. The second-order valence-corrected chi connectivity index (χ2v) is 12.2. The van der Waals surface area contributed by atoms with Crippen LogP contribution in [0.3, 0.4) is 0 Å². The number of halogens is 1. The Labute approximate surface area is 200 Å². The molecule has 0 aliphatic heterocycles. The third kappa shape index (κ3) is 4.00. The van der Waals surface area contributed by atoms with Crippen molar-refractivity contribution in [2.45, 2.75) is 78.1 Å². The van der Waals surface area contributed by atoms with Crippen LogP contribution >= 0.6 is 0 Å². The molecule has 0 amide bonds. The fourth-order valence-corrected chi connectivity index (χ4v) is 9.17. The predicted molar refractivity (Wildman–Crippen MR) is 136 cm³/mol. The van der Waals surface area contributed by atoms with E-state index in [-0.39, 0.29) is 5.82 Å². The molecule has 4 heteroatoms. The van der Waals surface area contributed by atoms with Crippen molar-refractivity contribution >= 4 is 11.4 Å². The van der Waals surface area contributed by atoms with E-state index in [1.807, 2.05) is 0 Å². The molecule has 4 fully saturated rings. The maximum absolute atomic E-state index is 13.8. The molecular formula is C29H44FN3. The summed E-state index contributed by atoms with van der Waals surface area (Å²) in [6.45, 7) is 10.00. The van der Waals surface area contributed by atoms with Crippen LogP contribution in [0.1, 0.15) is 78.1 Å². The van der Waals surface area contributed by atoms with E-state index in [1.54, 1.807) is 11.1 Å². The Balaban J connectivity index is 1.28. The quantitative estimate of drug-likeness (QED) is 0.220. The Morgan fingerprint density at radius 2 is 1.88 bits per heavy atom. The second-order valence-electron chi connectivity index (χ2n) is 12.2. The van der Waals surface area contributed by atoms with Gasteiger partial charge < -0.3 is 10.7 Å². The molecule has 0 bridgehead atoms. The van der Waals surface area contributed by atoms with E-state index >= 15 is 0 Å². The van der Waals surface area contributed by atoms with Crippen LogP contribution < -0.4 is 16.6 Å². The SMILES string of the molecule is C=C(CN(N)c1cc(F)ccc1N)C1CCC2C3CCC4CC(CC)CCC4C3CCC12C. The Hall–Kier alpha value is -1.55. The molecule has 5 rings (SSSR count). The second kappa shape index (κ2) is 8.91. The lowest BCUT2D eigenvalue weighted by atomic mass is 9.49. The Morgan fingerprint density at radius 1 is 1.09 bits per heavy atom. The smallest absolute Gasteiger partial charge is 0.125 e. The molecule has 8 atom stereocenters. The highest BCUT2D eigenvalue weighted by molar-refractivity contribution is 5.67. The number of anilines is 2. The van der Waals surface area contributed by atoms with Gasteiger partial charge in [0.1, 0.15) is 5.82 Å². The van der Waals surface area contributed by atoms with Gasteiger partial charge in [-0.1, -0.05) is 38.8 Å². The largest absolute Gasteiger partial charge is 0.397 e. The standard InChI is InChI=1S/C29H44FN3/c1-4-19-5-8-22-20(15-19)6-9-24-23(22)13-14-29(3)25(10-11-26(24)29)18(2)17-33(32)28-16-21(30)7-12-27(28)31/h7,12,16,19-20,22-26H,2,4-6,8-11,13-15,17,31-32H2,1,3H3. The number of rotatable bonds is 5.